The number of nitrogens with zero attached hydrogens (tertiary/aromatic N) is 1. The molecular formula is C19H19N3O3S2. The Bertz CT molecular complexity index is 973. The molecule has 1 saturated heterocycles. The number of fused-ring (bicyclic) bond motifs is 1. The number of carbonyl (C=O) groups is 1. The normalized spacial score (nSPS) is 22.7. The number of nitrogens with one attached hydrogen (secondary N) is 2. The molecule has 2 aromatic carbocycles. The van der Waals surface area contributed by atoms with Gasteiger partial charge < -0.3 is 10.6 Å². The molecule has 27 heavy (non-hydrogen) atoms. The lowest BCUT2D eigenvalue weighted by atomic mass is 10.2. The smallest absolute Gasteiger partial charge is 0.251 e. The van der Waals surface area contributed by atoms with Gasteiger partial charge in [0, 0.05) is 23.0 Å². The predicted molar refractivity (Wildman–Crippen MR) is 109 cm³/mol. The number of carbonyl (C=O) groups excluding carboxylic acids is 1. The zero-order chi connectivity index (χ0) is 18.9. The highest BCUT2D eigenvalue weighted by Crippen LogP contribution is 2.34. The van der Waals surface area contributed by atoms with E-state index in [4.69, 9.17) is 0 Å². The minimum atomic E-state index is -2.94. The maximum atomic E-state index is 12.3. The van der Waals surface area contributed by atoms with Crippen LogP contribution in [0.15, 0.2) is 59.6 Å². The monoisotopic (exact) mass is 401 g/mol. The van der Waals surface area contributed by atoms with Crippen LogP contribution in [0.5, 0.6) is 0 Å². The van der Waals surface area contributed by atoms with Gasteiger partial charge in [0.15, 0.2) is 15.0 Å². The van der Waals surface area contributed by atoms with Crippen LogP contribution in [0.4, 0.5) is 5.69 Å². The van der Waals surface area contributed by atoms with Crippen molar-refractivity contribution in [1.29, 1.82) is 0 Å². The van der Waals surface area contributed by atoms with Crippen LogP contribution in [-0.4, -0.2) is 42.3 Å². The van der Waals surface area contributed by atoms with E-state index in [1.54, 1.807) is 12.1 Å². The standard InChI is InChI=1S/C19H19N3O3S2/c23-18(20-10-13-4-2-1-3-5-13)14-6-8-15(9-7-14)21-19-22-16-11-27(24,25)12-17(16)26-19/h1-9,16-17H,10-12H2,(H,20,23)(H,21,22)/t16-,17+/m1/s1. The number of aliphatic imine (C=N–C) groups is 1. The molecule has 2 N–H and O–H groups in total. The van der Waals surface area contributed by atoms with Crippen molar-refractivity contribution in [2.24, 2.45) is 4.99 Å². The molecule has 0 unspecified atom stereocenters. The number of hydrogen-bond acceptors (Lipinski definition) is 6. The molecule has 2 aliphatic heterocycles. The lowest BCUT2D eigenvalue weighted by Gasteiger charge is -2.08. The van der Waals surface area contributed by atoms with Crippen LogP contribution in [0.25, 0.3) is 0 Å². The van der Waals surface area contributed by atoms with Crippen LogP contribution in [0.1, 0.15) is 15.9 Å². The fourth-order valence-electron chi connectivity index (χ4n) is 3.12. The summed E-state index contributed by atoms with van der Waals surface area (Å²) >= 11 is 1.48. The summed E-state index contributed by atoms with van der Waals surface area (Å²) in [5.41, 5.74) is 2.46. The second-order valence-corrected chi connectivity index (χ2v) is 9.99. The Hall–Kier alpha value is -2.32. The molecule has 1 amide bonds. The number of rotatable bonds is 4. The number of amides is 1. The Labute approximate surface area is 162 Å². The van der Waals surface area contributed by atoms with Crippen LogP contribution in [-0.2, 0) is 16.4 Å². The number of sulfone groups is 1. The molecule has 0 saturated carbocycles. The molecule has 0 radical (unpaired) electrons. The van der Waals surface area contributed by atoms with E-state index in [9.17, 15) is 13.2 Å². The van der Waals surface area contributed by atoms with Gasteiger partial charge in [0.1, 0.15) is 0 Å². The summed E-state index contributed by atoms with van der Waals surface area (Å²) < 4.78 is 23.2. The molecule has 0 spiro atoms. The van der Waals surface area contributed by atoms with Gasteiger partial charge in [-0.1, -0.05) is 42.1 Å². The second-order valence-electron chi connectivity index (χ2n) is 6.61. The summed E-state index contributed by atoms with van der Waals surface area (Å²) in [5, 5.41) is 6.86. The van der Waals surface area contributed by atoms with Crippen molar-refractivity contribution in [3.63, 3.8) is 0 Å². The molecule has 4 rings (SSSR count). The molecule has 0 aromatic heterocycles. The highest BCUT2D eigenvalue weighted by Gasteiger charge is 2.42. The van der Waals surface area contributed by atoms with E-state index >= 15 is 0 Å². The van der Waals surface area contributed by atoms with E-state index < -0.39 is 9.84 Å². The predicted octanol–water partition coefficient (Wildman–Crippen LogP) is 2.30. The van der Waals surface area contributed by atoms with Gasteiger partial charge in [0.05, 0.1) is 17.5 Å². The van der Waals surface area contributed by atoms with Gasteiger partial charge in [-0.2, -0.15) is 0 Å². The molecule has 2 aromatic rings. The average Bonchev–Trinajstić information content (AvgIpc) is 3.13. The van der Waals surface area contributed by atoms with Crippen LogP contribution in [0.2, 0.25) is 0 Å². The van der Waals surface area contributed by atoms with E-state index in [0.29, 0.717) is 12.1 Å². The summed E-state index contributed by atoms with van der Waals surface area (Å²) in [6.45, 7) is 0.485. The van der Waals surface area contributed by atoms with Crippen LogP contribution >= 0.6 is 11.8 Å². The van der Waals surface area contributed by atoms with Crippen LogP contribution in [0, 0.1) is 0 Å². The number of hydrogen-bond donors (Lipinski definition) is 2. The SMILES string of the molecule is O=C(NCc1ccccc1)c1ccc(NC2=N[C@@H]3CS(=O)(=O)C[C@@H]3S2)cc1. The highest BCUT2D eigenvalue weighted by molar-refractivity contribution is 8.15. The third-order valence-corrected chi connectivity index (χ3v) is 7.65. The largest absolute Gasteiger partial charge is 0.348 e. The Kier molecular flexibility index (Phi) is 4.92. The molecule has 2 aliphatic rings. The molecular weight excluding hydrogens is 382 g/mol. The lowest BCUT2D eigenvalue weighted by molar-refractivity contribution is 0.0951. The zero-order valence-electron chi connectivity index (χ0n) is 14.5. The zero-order valence-corrected chi connectivity index (χ0v) is 16.1. The van der Waals surface area contributed by atoms with Crippen molar-refractivity contribution in [3.8, 4) is 0 Å². The summed E-state index contributed by atoms with van der Waals surface area (Å²) in [5.74, 6) is 0.200. The van der Waals surface area contributed by atoms with Crippen molar-refractivity contribution >= 4 is 38.4 Å². The Morgan fingerprint density at radius 1 is 1.07 bits per heavy atom. The summed E-state index contributed by atoms with van der Waals surface area (Å²) in [4.78, 5) is 16.7. The second kappa shape index (κ2) is 7.36. The number of benzene rings is 2. The summed E-state index contributed by atoms with van der Waals surface area (Å²) in [7, 11) is -2.94. The van der Waals surface area contributed by atoms with E-state index in [-0.39, 0.29) is 28.7 Å². The van der Waals surface area contributed by atoms with E-state index in [1.165, 1.54) is 11.8 Å². The third-order valence-electron chi connectivity index (χ3n) is 4.51. The average molecular weight is 402 g/mol. The van der Waals surface area contributed by atoms with Gasteiger partial charge in [0.25, 0.3) is 5.91 Å². The van der Waals surface area contributed by atoms with Crippen LogP contribution in [0.3, 0.4) is 0 Å². The molecule has 0 bridgehead atoms. The minimum absolute atomic E-state index is 0.0144. The minimum Gasteiger partial charge on any atom is -0.348 e. The topological polar surface area (TPSA) is 87.6 Å². The molecule has 8 heteroatoms. The molecule has 140 valence electrons. The third kappa shape index (κ3) is 4.33. The number of anilines is 1. The molecule has 1 fully saturated rings. The molecule has 6 nitrogen and oxygen atoms in total. The molecule has 2 heterocycles. The van der Waals surface area contributed by atoms with Gasteiger partial charge >= 0.3 is 0 Å². The van der Waals surface area contributed by atoms with E-state index in [1.807, 2.05) is 42.5 Å². The van der Waals surface area contributed by atoms with Crippen LogP contribution < -0.4 is 10.6 Å². The highest BCUT2D eigenvalue weighted by atomic mass is 32.2. The Balaban J connectivity index is 1.33. The van der Waals surface area contributed by atoms with Crippen molar-refractivity contribution in [1.82, 2.24) is 5.32 Å². The van der Waals surface area contributed by atoms with Gasteiger partial charge in [0.2, 0.25) is 0 Å². The first-order valence-electron chi connectivity index (χ1n) is 8.63. The fraction of sp³-hybridized carbons (Fsp3) is 0.263. The quantitative estimate of drug-likeness (QED) is 0.821. The van der Waals surface area contributed by atoms with Gasteiger partial charge in [-0.25, -0.2) is 8.42 Å². The van der Waals surface area contributed by atoms with E-state index in [2.05, 4.69) is 15.6 Å². The Morgan fingerprint density at radius 3 is 2.52 bits per heavy atom. The summed E-state index contributed by atoms with van der Waals surface area (Å²) in [6.07, 6.45) is 0. The van der Waals surface area contributed by atoms with Crippen molar-refractivity contribution in [2.75, 3.05) is 16.8 Å². The van der Waals surface area contributed by atoms with Gasteiger partial charge in [-0.05, 0) is 29.8 Å². The number of thioether (sulfide) groups is 1. The van der Waals surface area contributed by atoms with E-state index in [0.717, 1.165) is 16.4 Å². The maximum absolute atomic E-state index is 12.3. The van der Waals surface area contributed by atoms with Gasteiger partial charge in [-0.3, -0.25) is 9.79 Å². The van der Waals surface area contributed by atoms with Crippen molar-refractivity contribution in [2.45, 2.75) is 17.8 Å². The first-order chi connectivity index (χ1) is 13.0. The molecule has 0 aliphatic carbocycles. The van der Waals surface area contributed by atoms with Crippen molar-refractivity contribution < 1.29 is 13.2 Å². The van der Waals surface area contributed by atoms with Gasteiger partial charge in [-0.15, -0.1) is 0 Å². The maximum Gasteiger partial charge on any atom is 0.251 e. The first-order valence-corrected chi connectivity index (χ1v) is 11.3. The number of amidine groups is 1. The lowest BCUT2D eigenvalue weighted by Crippen LogP contribution is -2.22. The Morgan fingerprint density at radius 2 is 1.81 bits per heavy atom. The first kappa shape index (κ1) is 18.1. The fourth-order valence-corrected chi connectivity index (χ4v) is 6.80. The summed E-state index contributed by atoms with van der Waals surface area (Å²) in [6, 6.07) is 16.8. The molecule has 2 atom stereocenters. The van der Waals surface area contributed by atoms with Crippen molar-refractivity contribution in [3.05, 3.63) is 65.7 Å².